The second-order valence-electron chi connectivity index (χ2n) is 8.10. The first kappa shape index (κ1) is 17.7. The van der Waals surface area contributed by atoms with Crippen molar-refractivity contribution in [1.29, 1.82) is 0 Å². The van der Waals surface area contributed by atoms with Crippen LogP contribution in [0.2, 0.25) is 0 Å². The van der Waals surface area contributed by atoms with E-state index in [4.69, 9.17) is 9.84 Å². The van der Waals surface area contributed by atoms with Gasteiger partial charge in [0.05, 0.1) is 6.42 Å². The van der Waals surface area contributed by atoms with Gasteiger partial charge in [-0.25, -0.2) is 4.79 Å². The van der Waals surface area contributed by atoms with Crippen LogP contribution in [0.3, 0.4) is 0 Å². The topological polar surface area (TPSA) is 79.7 Å². The summed E-state index contributed by atoms with van der Waals surface area (Å²) in [5.74, 6) is -0.534. The SMILES string of the molecule is CC(C)(C)OC(=O)N1C2CCC1CC(c1ccc(CC(=O)O)cn1)C2. The molecule has 6 heteroatoms. The highest BCUT2D eigenvalue weighted by Gasteiger charge is 2.45. The molecule has 2 saturated heterocycles. The number of aromatic nitrogens is 1. The molecule has 2 unspecified atom stereocenters. The van der Waals surface area contributed by atoms with Gasteiger partial charge in [0.2, 0.25) is 0 Å². The molecule has 0 radical (unpaired) electrons. The Kier molecular flexibility index (Phi) is 4.71. The fraction of sp³-hybridized carbons (Fsp3) is 0.632. The van der Waals surface area contributed by atoms with Crippen molar-refractivity contribution >= 4 is 12.1 Å². The van der Waals surface area contributed by atoms with Crippen molar-refractivity contribution in [3.8, 4) is 0 Å². The molecule has 1 amide bonds. The van der Waals surface area contributed by atoms with Gasteiger partial charge in [0.1, 0.15) is 5.60 Å². The summed E-state index contributed by atoms with van der Waals surface area (Å²) < 4.78 is 5.57. The van der Waals surface area contributed by atoms with Crippen LogP contribution in [0, 0.1) is 0 Å². The molecule has 2 aliphatic rings. The van der Waals surface area contributed by atoms with E-state index >= 15 is 0 Å². The molecular formula is C19H26N2O4. The number of aliphatic carboxylic acids is 1. The van der Waals surface area contributed by atoms with E-state index in [-0.39, 0.29) is 24.6 Å². The van der Waals surface area contributed by atoms with E-state index in [1.54, 1.807) is 6.20 Å². The number of carboxylic acid groups (broad SMARTS) is 1. The quantitative estimate of drug-likeness (QED) is 0.908. The lowest BCUT2D eigenvalue weighted by Crippen LogP contribution is -2.48. The predicted octanol–water partition coefficient (Wildman–Crippen LogP) is 3.35. The Balaban J connectivity index is 1.67. The molecule has 1 N–H and O–H groups in total. The molecule has 2 aliphatic heterocycles. The number of amides is 1. The van der Waals surface area contributed by atoms with Gasteiger partial charge in [-0.3, -0.25) is 9.78 Å². The third-order valence-corrected chi connectivity index (χ3v) is 4.96. The normalized spacial score (nSPS) is 25.7. The van der Waals surface area contributed by atoms with Crippen molar-refractivity contribution in [1.82, 2.24) is 9.88 Å². The highest BCUT2D eigenvalue weighted by atomic mass is 16.6. The van der Waals surface area contributed by atoms with Crippen molar-refractivity contribution in [3.63, 3.8) is 0 Å². The highest BCUT2D eigenvalue weighted by Crippen LogP contribution is 2.43. The third-order valence-electron chi connectivity index (χ3n) is 4.96. The number of nitrogens with zero attached hydrogens (tertiary/aromatic N) is 2. The maximum absolute atomic E-state index is 12.5. The molecule has 0 aromatic carbocycles. The summed E-state index contributed by atoms with van der Waals surface area (Å²) in [4.78, 5) is 29.7. The molecule has 0 aliphatic carbocycles. The fourth-order valence-electron chi connectivity index (χ4n) is 3.99. The second-order valence-corrected chi connectivity index (χ2v) is 8.10. The van der Waals surface area contributed by atoms with E-state index in [0.29, 0.717) is 11.5 Å². The Morgan fingerprint density at radius 2 is 1.88 bits per heavy atom. The van der Waals surface area contributed by atoms with Crippen molar-refractivity contribution in [2.45, 2.75) is 76.5 Å². The minimum atomic E-state index is -0.849. The number of rotatable bonds is 3. The van der Waals surface area contributed by atoms with Gasteiger partial charge in [-0.05, 0) is 58.1 Å². The summed E-state index contributed by atoms with van der Waals surface area (Å²) >= 11 is 0. The molecule has 0 saturated carbocycles. The second kappa shape index (κ2) is 6.65. The van der Waals surface area contributed by atoms with Gasteiger partial charge >= 0.3 is 12.1 Å². The van der Waals surface area contributed by atoms with Crippen molar-refractivity contribution in [2.24, 2.45) is 0 Å². The maximum Gasteiger partial charge on any atom is 0.410 e. The summed E-state index contributed by atoms with van der Waals surface area (Å²) in [6, 6.07) is 4.20. The molecule has 3 rings (SSSR count). The molecule has 0 spiro atoms. The molecule has 2 fully saturated rings. The number of ether oxygens (including phenoxy) is 1. The van der Waals surface area contributed by atoms with Crippen LogP contribution in [0.1, 0.15) is 63.6 Å². The molecule has 2 atom stereocenters. The van der Waals surface area contributed by atoms with Gasteiger partial charge in [0.15, 0.2) is 0 Å². The van der Waals surface area contributed by atoms with Crippen LogP contribution in [-0.2, 0) is 16.0 Å². The lowest BCUT2D eigenvalue weighted by molar-refractivity contribution is -0.136. The number of pyridine rings is 1. The third kappa shape index (κ3) is 4.11. The molecule has 2 bridgehead atoms. The number of carbonyl (C=O) groups is 2. The van der Waals surface area contributed by atoms with Crippen LogP contribution >= 0.6 is 0 Å². The maximum atomic E-state index is 12.5. The van der Waals surface area contributed by atoms with E-state index in [0.717, 1.165) is 31.4 Å². The number of carbonyl (C=O) groups excluding carboxylic acids is 1. The summed E-state index contributed by atoms with van der Waals surface area (Å²) in [7, 11) is 0. The average molecular weight is 346 g/mol. The fourth-order valence-corrected chi connectivity index (χ4v) is 3.99. The number of fused-ring (bicyclic) bond motifs is 2. The van der Waals surface area contributed by atoms with Crippen molar-refractivity contribution in [2.75, 3.05) is 0 Å². The lowest BCUT2D eigenvalue weighted by Gasteiger charge is -2.39. The average Bonchev–Trinajstić information content (AvgIpc) is 2.76. The number of carboxylic acids is 1. The van der Waals surface area contributed by atoms with E-state index in [2.05, 4.69) is 4.98 Å². The molecule has 3 heterocycles. The van der Waals surface area contributed by atoms with Crippen LogP contribution in [0.4, 0.5) is 4.79 Å². The molecule has 136 valence electrons. The van der Waals surface area contributed by atoms with Gasteiger partial charge in [-0.15, -0.1) is 0 Å². The van der Waals surface area contributed by atoms with Crippen molar-refractivity contribution < 1.29 is 19.4 Å². The first-order valence-electron chi connectivity index (χ1n) is 8.91. The zero-order valence-electron chi connectivity index (χ0n) is 15.1. The Morgan fingerprint density at radius 3 is 2.36 bits per heavy atom. The molecule has 25 heavy (non-hydrogen) atoms. The zero-order chi connectivity index (χ0) is 18.2. The summed E-state index contributed by atoms with van der Waals surface area (Å²) in [6.07, 6.45) is 5.25. The molecule has 6 nitrogen and oxygen atoms in total. The van der Waals surface area contributed by atoms with E-state index in [9.17, 15) is 9.59 Å². The van der Waals surface area contributed by atoms with Crippen LogP contribution in [-0.4, -0.2) is 44.7 Å². The molecule has 1 aromatic rings. The predicted molar refractivity (Wildman–Crippen MR) is 92.4 cm³/mol. The van der Waals surface area contributed by atoms with Crippen LogP contribution in [0.25, 0.3) is 0 Å². The summed E-state index contributed by atoms with van der Waals surface area (Å²) in [5, 5.41) is 8.85. The minimum Gasteiger partial charge on any atom is -0.481 e. The van der Waals surface area contributed by atoms with Gasteiger partial charge in [-0.1, -0.05) is 6.07 Å². The van der Waals surface area contributed by atoms with Gasteiger partial charge < -0.3 is 14.7 Å². The first-order valence-corrected chi connectivity index (χ1v) is 8.91. The Labute approximate surface area is 148 Å². The van der Waals surface area contributed by atoms with E-state index in [1.807, 2.05) is 37.8 Å². The van der Waals surface area contributed by atoms with E-state index in [1.165, 1.54) is 0 Å². The zero-order valence-corrected chi connectivity index (χ0v) is 15.1. The van der Waals surface area contributed by atoms with Gasteiger partial charge in [0, 0.05) is 29.9 Å². The lowest BCUT2D eigenvalue weighted by atomic mass is 9.88. The van der Waals surface area contributed by atoms with Crippen LogP contribution in [0.5, 0.6) is 0 Å². The standard InChI is InChI=1S/C19H26N2O4/c1-19(2,3)25-18(24)21-14-5-6-15(21)10-13(9-14)16-7-4-12(11-20-16)8-17(22)23/h4,7,11,13-15H,5-6,8-10H2,1-3H3,(H,22,23). The highest BCUT2D eigenvalue weighted by molar-refractivity contribution is 5.70. The summed E-state index contributed by atoms with van der Waals surface area (Å²) in [5.41, 5.74) is 1.23. The number of hydrogen-bond donors (Lipinski definition) is 1. The smallest absolute Gasteiger partial charge is 0.410 e. The summed E-state index contributed by atoms with van der Waals surface area (Å²) in [6.45, 7) is 5.67. The van der Waals surface area contributed by atoms with Crippen molar-refractivity contribution in [3.05, 3.63) is 29.6 Å². The van der Waals surface area contributed by atoms with E-state index < -0.39 is 11.6 Å². The van der Waals surface area contributed by atoms with Gasteiger partial charge in [0.25, 0.3) is 0 Å². The van der Waals surface area contributed by atoms with Gasteiger partial charge in [-0.2, -0.15) is 0 Å². The number of piperidine rings is 1. The largest absolute Gasteiger partial charge is 0.481 e. The monoisotopic (exact) mass is 346 g/mol. The van der Waals surface area contributed by atoms with Crippen LogP contribution in [0.15, 0.2) is 18.3 Å². The Hall–Kier alpha value is -2.11. The Bertz CT molecular complexity index is 636. The minimum absolute atomic E-state index is 0.00435. The Morgan fingerprint density at radius 1 is 1.24 bits per heavy atom. The number of hydrogen-bond acceptors (Lipinski definition) is 4. The molecule has 1 aromatic heterocycles. The molecular weight excluding hydrogens is 320 g/mol. The first-order chi connectivity index (χ1) is 11.7. The van der Waals surface area contributed by atoms with Crippen LogP contribution < -0.4 is 0 Å².